The van der Waals surface area contributed by atoms with Crippen molar-refractivity contribution in [1.29, 1.82) is 0 Å². The zero-order valence-electron chi connectivity index (χ0n) is 21.8. The Morgan fingerprint density at radius 3 is 2.45 bits per heavy atom. The monoisotopic (exact) mass is 687 g/mol. The summed E-state index contributed by atoms with van der Waals surface area (Å²) in [5.41, 5.74) is 2.71. The minimum Gasteiger partial charge on any atom is -0.748 e. The van der Waals surface area contributed by atoms with Gasteiger partial charge in [-0.05, 0) is 54.8 Å². The fourth-order valence-electron chi connectivity index (χ4n) is 4.19. The van der Waals surface area contributed by atoms with Crippen molar-refractivity contribution < 1.29 is 81.9 Å². The number of fused-ring (bicyclic) bond motifs is 2. The molecule has 0 saturated carbocycles. The van der Waals surface area contributed by atoms with E-state index in [1.165, 1.54) is 11.3 Å². The van der Waals surface area contributed by atoms with Gasteiger partial charge in [-0.1, -0.05) is 53.2 Å². The van der Waals surface area contributed by atoms with E-state index in [0.29, 0.717) is 29.6 Å². The fraction of sp³-hybridized carbons (Fsp3) is 0.320. The normalized spacial score (nSPS) is 15.1. The third kappa shape index (κ3) is 9.50. The molecule has 210 valence electrons. The largest absolute Gasteiger partial charge is 1.00 e. The van der Waals surface area contributed by atoms with Crippen molar-refractivity contribution in [2.45, 2.75) is 37.6 Å². The summed E-state index contributed by atoms with van der Waals surface area (Å²) in [6.07, 6.45) is 5.16. The first-order valence-electron chi connectivity index (χ1n) is 12.0. The van der Waals surface area contributed by atoms with E-state index < -0.39 is 26.0 Å². The van der Waals surface area contributed by atoms with Crippen LogP contribution in [0.4, 0.5) is 5.69 Å². The molecular formula is C25H26Cl2KN2O6S4+. The average molecular weight is 689 g/mol. The van der Waals surface area contributed by atoms with Crippen LogP contribution >= 0.6 is 46.3 Å². The number of aromatic nitrogens is 1. The number of thioether (sulfide) groups is 1. The van der Waals surface area contributed by atoms with E-state index in [1.54, 1.807) is 23.9 Å². The number of rotatable bonds is 11. The van der Waals surface area contributed by atoms with E-state index in [9.17, 15) is 25.9 Å². The van der Waals surface area contributed by atoms with Crippen molar-refractivity contribution in [2.24, 2.45) is 0 Å². The molecule has 1 aliphatic rings. The Labute approximate surface area is 295 Å². The Hall–Kier alpha value is -0.00364. The van der Waals surface area contributed by atoms with Crippen molar-refractivity contribution in [2.75, 3.05) is 23.0 Å². The van der Waals surface area contributed by atoms with Gasteiger partial charge >= 0.3 is 51.4 Å². The van der Waals surface area contributed by atoms with E-state index in [2.05, 4.69) is 0 Å². The van der Waals surface area contributed by atoms with E-state index in [4.69, 9.17) is 23.2 Å². The van der Waals surface area contributed by atoms with Gasteiger partial charge in [0.2, 0.25) is 5.52 Å². The molecule has 0 amide bonds. The zero-order valence-corrected chi connectivity index (χ0v) is 29.7. The van der Waals surface area contributed by atoms with Crippen molar-refractivity contribution in [3.63, 3.8) is 0 Å². The smallest absolute Gasteiger partial charge is 0.748 e. The Morgan fingerprint density at radius 2 is 1.77 bits per heavy atom. The van der Waals surface area contributed by atoms with Crippen molar-refractivity contribution >= 4 is 88.5 Å². The van der Waals surface area contributed by atoms with Gasteiger partial charge in [-0.2, -0.15) is 13.0 Å². The first-order chi connectivity index (χ1) is 18.3. The summed E-state index contributed by atoms with van der Waals surface area (Å²) < 4.78 is 68.3. The first-order valence-corrected chi connectivity index (χ1v) is 17.6. The maximum atomic E-state index is 11.3. The quantitative estimate of drug-likeness (QED) is 0.186. The van der Waals surface area contributed by atoms with Crippen molar-refractivity contribution in [3.05, 3.63) is 68.1 Å². The van der Waals surface area contributed by atoms with Crippen LogP contribution in [-0.2, 0) is 26.8 Å². The minimum atomic E-state index is -4.33. The molecule has 0 fully saturated rings. The topological polar surface area (TPSA) is 119 Å². The summed E-state index contributed by atoms with van der Waals surface area (Å²) in [4.78, 5) is 2.98. The molecule has 0 radical (unpaired) electrons. The SMILES string of the molecule is CCC(=Cc1sc2ccc(Cl)cc2[n+]1CCCS(=O)(=O)[O-])C=C1Sc2ccc(Cl)cc2N1CCCS(=O)(=O)O.[K+]. The minimum absolute atomic E-state index is 0. The summed E-state index contributed by atoms with van der Waals surface area (Å²) in [7, 11) is -8.41. The molecule has 0 atom stereocenters. The molecule has 0 aliphatic carbocycles. The molecule has 3 aromatic rings. The summed E-state index contributed by atoms with van der Waals surface area (Å²) in [5, 5.41) is 2.89. The second-order valence-corrected chi connectivity index (χ2v) is 15.0. The molecule has 40 heavy (non-hydrogen) atoms. The maximum absolute atomic E-state index is 11.3. The molecule has 2 heterocycles. The van der Waals surface area contributed by atoms with Gasteiger partial charge in [0.1, 0.15) is 4.70 Å². The number of aryl methyl sites for hydroxylation is 1. The Morgan fingerprint density at radius 1 is 1.07 bits per heavy atom. The van der Waals surface area contributed by atoms with Crippen molar-refractivity contribution in [1.82, 2.24) is 0 Å². The van der Waals surface area contributed by atoms with Gasteiger partial charge in [-0.25, -0.2) is 8.42 Å². The molecule has 0 spiro atoms. The van der Waals surface area contributed by atoms with Gasteiger partial charge in [0.25, 0.3) is 15.1 Å². The van der Waals surface area contributed by atoms with Crippen LogP contribution in [0.3, 0.4) is 0 Å². The van der Waals surface area contributed by atoms with E-state index in [-0.39, 0.29) is 70.0 Å². The van der Waals surface area contributed by atoms with Crippen LogP contribution in [-0.4, -0.2) is 44.0 Å². The average Bonchev–Trinajstić information content (AvgIpc) is 3.34. The standard InChI is InChI=1S/C25H26Cl2N2O6S4.K/c1-2-17(13-24-28(9-3-11-38(30,31)32)20-15-18(26)5-7-22(20)36-24)14-25-29(10-4-12-39(33,34)35)21-16-19(27)6-8-23(21)37-25;/h5-8,13-16H,2-4,9-12H2,1H3,(H-,30,31,32,33,34,35);/q;+1. The van der Waals surface area contributed by atoms with Gasteiger partial charge in [0.15, 0.2) is 6.54 Å². The summed E-state index contributed by atoms with van der Waals surface area (Å²) in [6, 6.07) is 11.1. The number of hydrogen-bond acceptors (Lipinski definition) is 8. The van der Waals surface area contributed by atoms with Crippen LogP contribution in [0.1, 0.15) is 31.2 Å². The number of anilines is 1. The van der Waals surface area contributed by atoms with E-state index in [1.807, 2.05) is 52.8 Å². The van der Waals surface area contributed by atoms with Gasteiger partial charge < -0.3 is 9.45 Å². The fourth-order valence-corrected chi connectivity index (χ4v) is 7.79. The number of thiazole rings is 1. The predicted octanol–water partition coefficient (Wildman–Crippen LogP) is 2.96. The summed E-state index contributed by atoms with van der Waals surface area (Å²) >= 11 is 15.6. The molecule has 1 aliphatic heterocycles. The summed E-state index contributed by atoms with van der Waals surface area (Å²) in [6.45, 7) is 2.73. The molecule has 1 aromatic heterocycles. The van der Waals surface area contributed by atoms with Crippen LogP contribution < -0.4 is 60.9 Å². The Bertz CT molecular complexity index is 1670. The number of benzene rings is 2. The van der Waals surface area contributed by atoms with Gasteiger partial charge in [0.05, 0.1) is 26.6 Å². The maximum Gasteiger partial charge on any atom is 1.00 e. The molecule has 2 aromatic carbocycles. The third-order valence-corrected chi connectivity index (χ3v) is 10.3. The summed E-state index contributed by atoms with van der Waals surface area (Å²) in [5.74, 6) is -0.807. The van der Waals surface area contributed by atoms with Gasteiger partial charge in [0, 0.05) is 45.8 Å². The first kappa shape index (κ1) is 34.5. The number of hydrogen-bond donors (Lipinski definition) is 1. The van der Waals surface area contributed by atoms with Gasteiger partial charge in [-0.3, -0.25) is 4.55 Å². The molecule has 0 bridgehead atoms. The zero-order chi connectivity index (χ0) is 28.4. The predicted molar refractivity (Wildman–Crippen MR) is 158 cm³/mol. The van der Waals surface area contributed by atoms with Crippen LogP contribution in [0, 0.1) is 0 Å². The molecule has 0 unspecified atom stereocenters. The van der Waals surface area contributed by atoms with E-state index >= 15 is 0 Å². The van der Waals surface area contributed by atoms with Crippen LogP contribution in [0.5, 0.6) is 0 Å². The Balaban J connectivity index is 0.00000441. The molecular weight excluding hydrogens is 663 g/mol. The van der Waals surface area contributed by atoms with E-state index in [0.717, 1.165) is 36.4 Å². The Kier molecular flexibility index (Phi) is 12.6. The van der Waals surface area contributed by atoms with Gasteiger partial charge in [-0.15, -0.1) is 0 Å². The second-order valence-electron chi connectivity index (χ2n) is 8.88. The van der Waals surface area contributed by atoms with Crippen molar-refractivity contribution in [3.8, 4) is 0 Å². The third-order valence-electron chi connectivity index (χ3n) is 5.97. The van der Waals surface area contributed by atoms with Crippen LogP contribution in [0.25, 0.3) is 16.3 Å². The van der Waals surface area contributed by atoms with Crippen LogP contribution in [0.2, 0.25) is 10.0 Å². The van der Waals surface area contributed by atoms with Crippen LogP contribution in [0.15, 0.2) is 58.0 Å². The number of halogens is 2. The number of allylic oxidation sites excluding steroid dienone is 2. The number of nitrogens with zero attached hydrogens (tertiary/aromatic N) is 2. The molecule has 0 saturated heterocycles. The molecule has 15 heteroatoms. The second kappa shape index (κ2) is 14.6. The molecule has 8 nitrogen and oxygen atoms in total. The molecule has 1 N–H and O–H groups in total. The molecule has 4 rings (SSSR count).